The average Bonchev–Trinajstić information content (AvgIpc) is 2.76. The molecule has 1 N–H and O–H groups in total. The van der Waals surface area contributed by atoms with Crippen molar-refractivity contribution < 1.29 is 9.66 Å². The highest BCUT2D eigenvalue weighted by atomic mass is 32.1. The standard InChI is InChI=1S/C13H17N3O3S/c1-3-19-6-4-5-14-10-7-11-13(20-9(2)15-11)8-12(10)16(17)18/h7-8,14H,3-6H2,1-2H3. The molecule has 7 heteroatoms. The van der Waals surface area contributed by atoms with E-state index in [2.05, 4.69) is 10.3 Å². The number of hydrogen-bond donors (Lipinski definition) is 1. The highest BCUT2D eigenvalue weighted by molar-refractivity contribution is 7.18. The Bertz CT molecular complexity index is 612. The molecule has 0 aliphatic heterocycles. The minimum atomic E-state index is -0.362. The number of aryl methyl sites for hydroxylation is 1. The van der Waals surface area contributed by atoms with Gasteiger partial charge in [-0.15, -0.1) is 11.3 Å². The fourth-order valence-corrected chi connectivity index (χ4v) is 2.75. The molecule has 0 bridgehead atoms. The molecular formula is C13H17N3O3S. The van der Waals surface area contributed by atoms with E-state index in [-0.39, 0.29) is 10.6 Å². The second-order valence-corrected chi connectivity index (χ2v) is 5.54. The Labute approximate surface area is 120 Å². The Morgan fingerprint density at radius 2 is 2.30 bits per heavy atom. The SMILES string of the molecule is CCOCCCNc1cc2nc(C)sc2cc1[N+](=O)[O-]. The largest absolute Gasteiger partial charge is 0.382 e. The first-order valence-electron chi connectivity index (χ1n) is 6.49. The van der Waals surface area contributed by atoms with Crippen molar-refractivity contribution in [1.82, 2.24) is 4.98 Å². The molecule has 0 radical (unpaired) electrons. The summed E-state index contributed by atoms with van der Waals surface area (Å²) in [5, 5.41) is 15.1. The number of anilines is 1. The molecule has 1 aromatic heterocycles. The molecular weight excluding hydrogens is 278 g/mol. The molecule has 0 amide bonds. The Kier molecular flexibility index (Phi) is 4.86. The lowest BCUT2D eigenvalue weighted by atomic mass is 10.2. The van der Waals surface area contributed by atoms with E-state index in [1.165, 1.54) is 11.3 Å². The van der Waals surface area contributed by atoms with E-state index >= 15 is 0 Å². The summed E-state index contributed by atoms with van der Waals surface area (Å²) in [5.41, 5.74) is 1.41. The summed E-state index contributed by atoms with van der Waals surface area (Å²) in [6.07, 6.45) is 0.805. The van der Waals surface area contributed by atoms with Crippen LogP contribution in [0.5, 0.6) is 0 Å². The van der Waals surface area contributed by atoms with E-state index in [0.717, 1.165) is 21.6 Å². The smallest absolute Gasteiger partial charge is 0.293 e. The molecule has 0 spiro atoms. The topological polar surface area (TPSA) is 77.3 Å². The van der Waals surface area contributed by atoms with E-state index < -0.39 is 0 Å². The number of nitro groups is 1. The highest BCUT2D eigenvalue weighted by Crippen LogP contribution is 2.32. The fraction of sp³-hybridized carbons (Fsp3) is 0.462. The average molecular weight is 295 g/mol. The first-order valence-corrected chi connectivity index (χ1v) is 7.30. The molecule has 1 aromatic carbocycles. The molecule has 20 heavy (non-hydrogen) atoms. The van der Waals surface area contributed by atoms with Crippen LogP contribution in [-0.4, -0.2) is 29.7 Å². The molecule has 0 atom stereocenters. The van der Waals surface area contributed by atoms with Crippen LogP contribution in [0.3, 0.4) is 0 Å². The predicted molar refractivity (Wildman–Crippen MR) is 80.6 cm³/mol. The zero-order valence-electron chi connectivity index (χ0n) is 11.5. The third kappa shape index (κ3) is 3.43. The molecule has 0 aliphatic carbocycles. The van der Waals surface area contributed by atoms with Crippen LogP contribution in [0.1, 0.15) is 18.4 Å². The number of nitro benzene ring substituents is 1. The minimum absolute atomic E-state index is 0.0950. The Morgan fingerprint density at radius 1 is 1.50 bits per heavy atom. The van der Waals surface area contributed by atoms with Gasteiger partial charge in [0, 0.05) is 25.8 Å². The monoisotopic (exact) mass is 295 g/mol. The van der Waals surface area contributed by atoms with Crippen LogP contribution in [0.2, 0.25) is 0 Å². The van der Waals surface area contributed by atoms with Crippen molar-refractivity contribution in [2.75, 3.05) is 25.1 Å². The maximum Gasteiger partial charge on any atom is 0.293 e. The van der Waals surface area contributed by atoms with Gasteiger partial charge in [-0.25, -0.2) is 4.98 Å². The number of ether oxygens (including phenoxy) is 1. The second-order valence-electron chi connectivity index (χ2n) is 4.30. The van der Waals surface area contributed by atoms with Gasteiger partial charge in [-0.2, -0.15) is 0 Å². The van der Waals surface area contributed by atoms with Crippen LogP contribution in [0.4, 0.5) is 11.4 Å². The maximum absolute atomic E-state index is 11.1. The van der Waals surface area contributed by atoms with Gasteiger partial charge in [0.25, 0.3) is 5.69 Å². The fourth-order valence-electron chi connectivity index (χ4n) is 1.91. The molecule has 1 heterocycles. The van der Waals surface area contributed by atoms with Gasteiger partial charge in [-0.3, -0.25) is 10.1 Å². The van der Waals surface area contributed by atoms with Crippen molar-refractivity contribution in [3.05, 3.63) is 27.3 Å². The second kappa shape index (κ2) is 6.62. The molecule has 6 nitrogen and oxygen atoms in total. The number of thiazole rings is 1. The predicted octanol–water partition coefficient (Wildman–Crippen LogP) is 3.35. The third-order valence-electron chi connectivity index (χ3n) is 2.79. The van der Waals surface area contributed by atoms with Crippen LogP contribution in [0, 0.1) is 17.0 Å². The Hall–Kier alpha value is -1.73. The van der Waals surface area contributed by atoms with Gasteiger partial charge in [0.2, 0.25) is 0 Å². The third-order valence-corrected chi connectivity index (χ3v) is 3.73. The van der Waals surface area contributed by atoms with Gasteiger partial charge in [-0.05, 0) is 26.3 Å². The molecule has 0 saturated heterocycles. The first kappa shape index (κ1) is 14.7. The van der Waals surface area contributed by atoms with Gasteiger partial charge in [0.1, 0.15) is 5.69 Å². The summed E-state index contributed by atoms with van der Waals surface area (Å²) in [4.78, 5) is 15.1. The van der Waals surface area contributed by atoms with E-state index in [0.29, 0.717) is 25.4 Å². The van der Waals surface area contributed by atoms with Crippen molar-refractivity contribution in [1.29, 1.82) is 0 Å². The zero-order chi connectivity index (χ0) is 14.5. The summed E-state index contributed by atoms with van der Waals surface area (Å²) in [7, 11) is 0. The zero-order valence-corrected chi connectivity index (χ0v) is 12.3. The summed E-state index contributed by atoms with van der Waals surface area (Å²) in [5.74, 6) is 0. The highest BCUT2D eigenvalue weighted by Gasteiger charge is 2.16. The van der Waals surface area contributed by atoms with Gasteiger partial charge >= 0.3 is 0 Å². The number of hydrogen-bond acceptors (Lipinski definition) is 6. The molecule has 2 aromatic rings. The molecule has 0 saturated carbocycles. The van der Waals surface area contributed by atoms with Crippen LogP contribution in [0.25, 0.3) is 10.2 Å². The molecule has 108 valence electrons. The van der Waals surface area contributed by atoms with Crippen molar-refractivity contribution in [3.8, 4) is 0 Å². The summed E-state index contributed by atoms with van der Waals surface area (Å²) in [6.45, 7) is 5.80. The van der Waals surface area contributed by atoms with Crippen LogP contribution in [0.15, 0.2) is 12.1 Å². The maximum atomic E-state index is 11.1. The number of nitrogens with zero attached hydrogens (tertiary/aromatic N) is 2. The van der Waals surface area contributed by atoms with Crippen molar-refractivity contribution >= 4 is 32.9 Å². The summed E-state index contributed by atoms with van der Waals surface area (Å²) >= 11 is 1.46. The molecule has 2 rings (SSSR count). The minimum Gasteiger partial charge on any atom is -0.382 e. The normalized spacial score (nSPS) is 10.9. The van der Waals surface area contributed by atoms with Gasteiger partial charge in [0.15, 0.2) is 0 Å². The number of aromatic nitrogens is 1. The number of fused-ring (bicyclic) bond motifs is 1. The Morgan fingerprint density at radius 3 is 3.00 bits per heavy atom. The molecule has 0 unspecified atom stereocenters. The van der Waals surface area contributed by atoms with Crippen molar-refractivity contribution in [2.45, 2.75) is 20.3 Å². The van der Waals surface area contributed by atoms with Gasteiger partial charge in [-0.1, -0.05) is 0 Å². The number of nitrogens with one attached hydrogen (secondary N) is 1. The molecule has 0 aliphatic rings. The van der Waals surface area contributed by atoms with Crippen LogP contribution < -0.4 is 5.32 Å². The lowest BCUT2D eigenvalue weighted by Gasteiger charge is -2.07. The van der Waals surface area contributed by atoms with E-state index in [1.807, 2.05) is 13.8 Å². The van der Waals surface area contributed by atoms with Crippen molar-refractivity contribution in [3.63, 3.8) is 0 Å². The van der Waals surface area contributed by atoms with E-state index in [1.54, 1.807) is 12.1 Å². The lowest BCUT2D eigenvalue weighted by Crippen LogP contribution is -2.07. The van der Waals surface area contributed by atoms with Crippen LogP contribution >= 0.6 is 11.3 Å². The summed E-state index contributed by atoms with van der Waals surface area (Å²) < 4.78 is 6.08. The number of rotatable bonds is 7. The van der Waals surface area contributed by atoms with Crippen molar-refractivity contribution in [2.24, 2.45) is 0 Å². The quantitative estimate of drug-likeness (QED) is 0.481. The van der Waals surface area contributed by atoms with Gasteiger partial charge < -0.3 is 10.1 Å². The molecule has 0 fully saturated rings. The van der Waals surface area contributed by atoms with Crippen LogP contribution in [-0.2, 0) is 4.74 Å². The van der Waals surface area contributed by atoms with E-state index in [9.17, 15) is 10.1 Å². The van der Waals surface area contributed by atoms with E-state index in [4.69, 9.17) is 4.74 Å². The lowest BCUT2D eigenvalue weighted by molar-refractivity contribution is -0.383. The Balaban J connectivity index is 2.16. The first-order chi connectivity index (χ1) is 9.61. The van der Waals surface area contributed by atoms with Gasteiger partial charge in [0.05, 0.1) is 20.1 Å². The summed E-state index contributed by atoms with van der Waals surface area (Å²) in [6, 6.07) is 3.34. The number of benzene rings is 1.